The van der Waals surface area contributed by atoms with Crippen molar-refractivity contribution in [3.05, 3.63) is 11.9 Å². The molecule has 1 fully saturated rings. The molecule has 0 unspecified atom stereocenters. The lowest BCUT2D eigenvalue weighted by Gasteiger charge is -2.31. The Labute approximate surface area is 106 Å². The highest BCUT2D eigenvalue weighted by Gasteiger charge is 2.26. The molecule has 0 amide bonds. The molecule has 0 aromatic carbocycles. The van der Waals surface area contributed by atoms with Crippen LogP contribution in [0.3, 0.4) is 0 Å². The highest BCUT2D eigenvalue weighted by molar-refractivity contribution is 5.70. The SMILES string of the molecule is COc1ncnc(N2CCC(C(=O)O)CC2)c1C. The van der Waals surface area contributed by atoms with Crippen LogP contribution in [-0.2, 0) is 4.79 Å². The number of carbonyl (C=O) groups is 1. The van der Waals surface area contributed by atoms with Gasteiger partial charge in [-0.05, 0) is 19.8 Å². The molecule has 18 heavy (non-hydrogen) atoms. The summed E-state index contributed by atoms with van der Waals surface area (Å²) in [5, 5.41) is 8.97. The molecule has 0 spiro atoms. The molecule has 1 aromatic heterocycles. The number of anilines is 1. The Bertz CT molecular complexity index is 442. The monoisotopic (exact) mass is 251 g/mol. The normalized spacial score (nSPS) is 16.7. The van der Waals surface area contributed by atoms with E-state index in [4.69, 9.17) is 9.84 Å². The molecule has 1 aromatic rings. The molecule has 0 atom stereocenters. The maximum absolute atomic E-state index is 10.9. The third-order valence-corrected chi connectivity index (χ3v) is 3.35. The molecule has 2 heterocycles. The van der Waals surface area contributed by atoms with Gasteiger partial charge in [0.15, 0.2) is 0 Å². The zero-order valence-corrected chi connectivity index (χ0v) is 10.6. The number of hydrogen-bond acceptors (Lipinski definition) is 5. The first kappa shape index (κ1) is 12.6. The van der Waals surface area contributed by atoms with Gasteiger partial charge in [0.05, 0.1) is 18.6 Å². The van der Waals surface area contributed by atoms with Crippen LogP contribution in [0.2, 0.25) is 0 Å². The van der Waals surface area contributed by atoms with E-state index in [-0.39, 0.29) is 5.92 Å². The van der Waals surface area contributed by atoms with Crippen molar-refractivity contribution in [1.29, 1.82) is 0 Å². The predicted octanol–water partition coefficient (Wildman–Crippen LogP) is 1.09. The van der Waals surface area contributed by atoms with Crippen molar-refractivity contribution in [3.63, 3.8) is 0 Å². The maximum Gasteiger partial charge on any atom is 0.306 e. The number of nitrogens with zero attached hydrogens (tertiary/aromatic N) is 3. The first-order valence-corrected chi connectivity index (χ1v) is 5.96. The Morgan fingerprint density at radius 3 is 2.67 bits per heavy atom. The van der Waals surface area contributed by atoms with Gasteiger partial charge in [-0.3, -0.25) is 4.79 Å². The molecule has 0 saturated carbocycles. The lowest BCUT2D eigenvalue weighted by atomic mass is 9.97. The first-order chi connectivity index (χ1) is 8.63. The van der Waals surface area contributed by atoms with E-state index in [2.05, 4.69) is 14.9 Å². The molecule has 1 aliphatic rings. The van der Waals surface area contributed by atoms with Gasteiger partial charge in [0.2, 0.25) is 5.88 Å². The number of rotatable bonds is 3. The molecule has 1 saturated heterocycles. The van der Waals surface area contributed by atoms with Crippen LogP contribution in [0.4, 0.5) is 5.82 Å². The molecule has 0 bridgehead atoms. The molecule has 2 rings (SSSR count). The van der Waals surface area contributed by atoms with Gasteiger partial charge in [0, 0.05) is 13.1 Å². The molecule has 0 aliphatic carbocycles. The molecule has 0 radical (unpaired) electrons. The summed E-state index contributed by atoms with van der Waals surface area (Å²) in [7, 11) is 1.58. The minimum atomic E-state index is -0.702. The minimum Gasteiger partial charge on any atom is -0.481 e. The van der Waals surface area contributed by atoms with Crippen LogP contribution in [0.1, 0.15) is 18.4 Å². The lowest BCUT2D eigenvalue weighted by Crippen LogP contribution is -2.37. The summed E-state index contributed by atoms with van der Waals surface area (Å²) < 4.78 is 5.16. The Morgan fingerprint density at radius 1 is 1.44 bits per heavy atom. The minimum absolute atomic E-state index is 0.231. The van der Waals surface area contributed by atoms with Crippen molar-refractivity contribution in [2.24, 2.45) is 5.92 Å². The van der Waals surface area contributed by atoms with E-state index in [0.29, 0.717) is 31.8 Å². The zero-order chi connectivity index (χ0) is 13.1. The van der Waals surface area contributed by atoms with Gasteiger partial charge in [-0.25, -0.2) is 9.97 Å². The number of aromatic nitrogens is 2. The smallest absolute Gasteiger partial charge is 0.306 e. The van der Waals surface area contributed by atoms with Crippen molar-refractivity contribution >= 4 is 11.8 Å². The third-order valence-electron chi connectivity index (χ3n) is 3.35. The van der Waals surface area contributed by atoms with Crippen LogP contribution in [0.25, 0.3) is 0 Å². The van der Waals surface area contributed by atoms with E-state index < -0.39 is 5.97 Å². The summed E-state index contributed by atoms with van der Waals surface area (Å²) in [5.41, 5.74) is 0.897. The summed E-state index contributed by atoms with van der Waals surface area (Å²) in [6, 6.07) is 0. The van der Waals surface area contributed by atoms with Gasteiger partial charge < -0.3 is 14.7 Å². The highest BCUT2D eigenvalue weighted by Crippen LogP contribution is 2.27. The van der Waals surface area contributed by atoms with E-state index in [0.717, 1.165) is 11.4 Å². The van der Waals surface area contributed by atoms with Crippen LogP contribution in [0, 0.1) is 12.8 Å². The van der Waals surface area contributed by atoms with Crippen molar-refractivity contribution in [3.8, 4) is 5.88 Å². The quantitative estimate of drug-likeness (QED) is 0.866. The van der Waals surface area contributed by atoms with Crippen LogP contribution in [-0.4, -0.2) is 41.2 Å². The second-order valence-corrected chi connectivity index (χ2v) is 4.43. The first-order valence-electron chi connectivity index (χ1n) is 5.96. The molecular weight excluding hydrogens is 234 g/mol. The number of hydrogen-bond donors (Lipinski definition) is 1. The molecule has 1 aliphatic heterocycles. The largest absolute Gasteiger partial charge is 0.481 e. The number of aliphatic carboxylic acids is 1. The molecule has 1 N–H and O–H groups in total. The maximum atomic E-state index is 10.9. The Hall–Kier alpha value is -1.85. The Kier molecular flexibility index (Phi) is 3.64. The van der Waals surface area contributed by atoms with E-state index in [9.17, 15) is 4.79 Å². The van der Waals surface area contributed by atoms with Crippen LogP contribution >= 0.6 is 0 Å². The zero-order valence-electron chi connectivity index (χ0n) is 10.6. The van der Waals surface area contributed by atoms with Gasteiger partial charge in [0.1, 0.15) is 12.1 Å². The van der Waals surface area contributed by atoms with Gasteiger partial charge in [-0.15, -0.1) is 0 Å². The van der Waals surface area contributed by atoms with Crippen LogP contribution < -0.4 is 9.64 Å². The molecule has 98 valence electrons. The average Bonchev–Trinajstić information content (AvgIpc) is 2.39. The number of methoxy groups -OCH3 is 1. The average molecular weight is 251 g/mol. The van der Waals surface area contributed by atoms with Crippen molar-refractivity contribution in [1.82, 2.24) is 9.97 Å². The van der Waals surface area contributed by atoms with E-state index in [1.165, 1.54) is 6.33 Å². The van der Waals surface area contributed by atoms with Crippen molar-refractivity contribution in [2.45, 2.75) is 19.8 Å². The summed E-state index contributed by atoms with van der Waals surface area (Å²) >= 11 is 0. The second kappa shape index (κ2) is 5.20. The Balaban J connectivity index is 2.12. The van der Waals surface area contributed by atoms with E-state index >= 15 is 0 Å². The fourth-order valence-corrected chi connectivity index (χ4v) is 2.29. The number of carboxylic acids is 1. The fraction of sp³-hybridized carbons (Fsp3) is 0.583. The lowest BCUT2D eigenvalue weighted by molar-refractivity contribution is -0.142. The summed E-state index contributed by atoms with van der Waals surface area (Å²) in [5.74, 6) is 0.475. The van der Waals surface area contributed by atoms with Gasteiger partial charge >= 0.3 is 5.97 Å². The van der Waals surface area contributed by atoms with Gasteiger partial charge in [0.25, 0.3) is 0 Å². The van der Waals surface area contributed by atoms with Crippen LogP contribution in [0.5, 0.6) is 5.88 Å². The highest BCUT2D eigenvalue weighted by atomic mass is 16.5. The summed E-state index contributed by atoms with van der Waals surface area (Å²) in [6.07, 6.45) is 2.78. The van der Waals surface area contributed by atoms with E-state index in [1.54, 1.807) is 7.11 Å². The molecule has 6 heteroatoms. The van der Waals surface area contributed by atoms with Crippen LogP contribution in [0.15, 0.2) is 6.33 Å². The molecule has 6 nitrogen and oxygen atoms in total. The predicted molar refractivity (Wildman–Crippen MR) is 65.9 cm³/mol. The summed E-state index contributed by atoms with van der Waals surface area (Å²) in [4.78, 5) is 21.3. The third kappa shape index (κ3) is 2.37. The molecular formula is C12H17N3O3. The fourth-order valence-electron chi connectivity index (χ4n) is 2.29. The Morgan fingerprint density at radius 2 is 2.11 bits per heavy atom. The number of ether oxygens (including phenoxy) is 1. The van der Waals surface area contributed by atoms with Crippen molar-refractivity contribution < 1.29 is 14.6 Å². The van der Waals surface area contributed by atoms with Gasteiger partial charge in [-0.1, -0.05) is 0 Å². The second-order valence-electron chi connectivity index (χ2n) is 4.43. The van der Waals surface area contributed by atoms with E-state index in [1.807, 2.05) is 6.92 Å². The topological polar surface area (TPSA) is 75.6 Å². The number of piperidine rings is 1. The van der Waals surface area contributed by atoms with Gasteiger partial charge in [-0.2, -0.15) is 0 Å². The number of carboxylic acid groups (broad SMARTS) is 1. The standard InChI is InChI=1S/C12H17N3O3/c1-8-10(13-7-14-11(8)18-2)15-5-3-9(4-6-15)12(16)17/h7,9H,3-6H2,1-2H3,(H,16,17). The van der Waals surface area contributed by atoms with Crippen molar-refractivity contribution in [2.75, 3.05) is 25.1 Å². The summed E-state index contributed by atoms with van der Waals surface area (Å²) in [6.45, 7) is 3.33.